The highest BCUT2D eigenvalue weighted by Crippen LogP contribution is 2.31. The van der Waals surface area contributed by atoms with E-state index in [2.05, 4.69) is 15.5 Å². The van der Waals surface area contributed by atoms with Crippen LogP contribution in [0.15, 0.2) is 22.7 Å². The molecule has 1 aromatic carbocycles. The Balaban J connectivity index is 1.97. The van der Waals surface area contributed by atoms with Crippen LogP contribution in [-0.2, 0) is 16.0 Å². The summed E-state index contributed by atoms with van der Waals surface area (Å²) in [6, 6.07) is 5.42. The van der Waals surface area contributed by atoms with Crippen LogP contribution >= 0.6 is 0 Å². The fraction of sp³-hybridized carbons (Fsp3) is 0.471. The molecule has 1 heterocycles. The number of rotatable bonds is 10. The van der Waals surface area contributed by atoms with Crippen LogP contribution in [0.25, 0.3) is 11.4 Å². The van der Waals surface area contributed by atoms with Gasteiger partial charge in [0.15, 0.2) is 11.5 Å². The number of methoxy groups -OCH3 is 2. The molecular formula is C17H23N3O5. The fourth-order valence-corrected chi connectivity index (χ4v) is 2.16. The quantitative estimate of drug-likeness (QED) is 0.654. The molecule has 0 aliphatic heterocycles. The number of nitrogens with one attached hydrogen (secondary N) is 1. The van der Waals surface area contributed by atoms with Gasteiger partial charge in [-0.25, -0.2) is 0 Å². The highest BCUT2D eigenvalue weighted by atomic mass is 16.5. The molecule has 8 heteroatoms. The lowest BCUT2D eigenvalue weighted by atomic mass is 10.2. The maximum Gasteiger partial charge on any atom is 0.227 e. The summed E-state index contributed by atoms with van der Waals surface area (Å²) in [5.41, 5.74) is 0.750. The zero-order chi connectivity index (χ0) is 18.1. The van der Waals surface area contributed by atoms with Gasteiger partial charge in [-0.15, -0.1) is 0 Å². The van der Waals surface area contributed by atoms with Crippen molar-refractivity contribution in [3.8, 4) is 22.9 Å². The largest absolute Gasteiger partial charge is 0.493 e. The normalized spacial score (nSPS) is 10.5. The molecule has 0 radical (unpaired) electrons. The summed E-state index contributed by atoms with van der Waals surface area (Å²) >= 11 is 0. The van der Waals surface area contributed by atoms with E-state index in [1.807, 2.05) is 13.0 Å². The standard InChI is InChI=1S/C17H23N3O5/c1-4-24-13-6-5-12(11-14(13)23-3)17-19-16(25-20-17)8-7-15(21)18-9-10-22-2/h5-6,11H,4,7-10H2,1-3H3,(H,18,21). The molecule has 1 aromatic heterocycles. The lowest BCUT2D eigenvalue weighted by molar-refractivity contribution is -0.121. The van der Waals surface area contributed by atoms with Crippen LogP contribution in [0, 0.1) is 0 Å². The third-order valence-corrected chi connectivity index (χ3v) is 3.38. The van der Waals surface area contributed by atoms with Crippen molar-refractivity contribution in [2.24, 2.45) is 0 Å². The third kappa shape index (κ3) is 5.46. The van der Waals surface area contributed by atoms with Gasteiger partial charge in [0.1, 0.15) is 0 Å². The van der Waals surface area contributed by atoms with Gasteiger partial charge in [-0.1, -0.05) is 5.16 Å². The molecule has 25 heavy (non-hydrogen) atoms. The molecule has 0 unspecified atom stereocenters. The number of carbonyl (C=O) groups is 1. The van der Waals surface area contributed by atoms with Crippen molar-refractivity contribution in [3.63, 3.8) is 0 Å². The third-order valence-electron chi connectivity index (χ3n) is 3.38. The molecule has 0 bridgehead atoms. The van der Waals surface area contributed by atoms with Gasteiger partial charge in [0.05, 0.1) is 20.3 Å². The maximum atomic E-state index is 11.7. The van der Waals surface area contributed by atoms with Crippen LogP contribution in [0.5, 0.6) is 11.5 Å². The summed E-state index contributed by atoms with van der Waals surface area (Å²) in [5.74, 6) is 2.02. The minimum Gasteiger partial charge on any atom is -0.493 e. The zero-order valence-electron chi connectivity index (χ0n) is 14.7. The van der Waals surface area contributed by atoms with Gasteiger partial charge < -0.3 is 24.1 Å². The van der Waals surface area contributed by atoms with E-state index in [1.54, 1.807) is 26.4 Å². The fourth-order valence-electron chi connectivity index (χ4n) is 2.16. The highest BCUT2D eigenvalue weighted by Gasteiger charge is 2.13. The van der Waals surface area contributed by atoms with Crippen LogP contribution < -0.4 is 14.8 Å². The number of carbonyl (C=O) groups excluding carboxylic acids is 1. The monoisotopic (exact) mass is 349 g/mol. The van der Waals surface area contributed by atoms with Crippen molar-refractivity contribution >= 4 is 5.91 Å². The van der Waals surface area contributed by atoms with Gasteiger partial charge >= 0.3 is 0 Å². The number of ether oxygens (including phenoxy) is 3. The van der Waals surface area contributed by atoms with Gasteiger partial charge in [-0.2, -0.15) is 4.98 Å². The van der Waals surface area contributed by atoms with Crippen molar-refractivity contribution in [1.82, 2.24) is 15.5 Å². The van der Waals surface area contributed by atoms with E-state index in [1.165, 1.54) is 0 Å². The minimum absolute atomic E-state index is 0.0838. The molecule has 0 spiro atoms. The number of benzene rings is 1. The summed E-state index contributed by atoms with van der Waals surface area (Å²) in [7, 11) is 3.16. The zero-order valence-corrected chi connectivity index (χ0v) is 14.7. The summed E-state index contributed by atoms with van der Waals surface area (Å²) in [5, 5.41) is 6.70. The Bertz CT molecular complexity index is 687. The van der Waals surface area contributed by atoms with Crippen molar-refractivity contribution in [2.75, 3.05) is 34.0 Å². The van der Waals surface area contributed by atoms with E-state index in [0.29, 0.717) is 49.4 Å². The number of amides is 1. The maximum absolute atomic E-state index is 11.7. The SMILES string of the molecule is CCOc1ccc(-c2noc(CCC(=O)NCCOC)n2)cc1OC. The van der Waals surface area contributed by atoms with Crippen molar-refractivity contribution in [1.29, 1.82) is 0 Å². The van der Waals surface area contributed by atoms with E-state index in [-0.39, 0.29) is 12.3 Å². The molecule has 1 amide bonds. The van der Waals surface area contributed by atoms with Gasteiger partial charge in [0.25, 0.3) is 0 Å². The molecule has 0 aliphatic rings. The minimum atomic E-state index is -0.0838. The molecule has 2 aromatic rings. The van der Waals surface area contributed by atoms with Crippen molar-refractivity contribution in [2.45, 2.75) is 19.8 Å². The van der Waals surface area contributed by atoms with E-state index >= 15 is 0 Å². The molecule has 0 saturated heterocycles. The molecule has 0 saturated carbocycles. The predicted octanol–water partition coefficient (Wildman–Crippen LogP) is 1.84. The molecular weight excluding hydrogens is 326 g/mol. The topological polar surface area (TPSA) is 95.7 Å². The van der Waals surface area contributed by atoms with E-state index in [9.17, 15) is 4.79 Å². The number of aryl methyl sites for hydroxylation is 1. The van der Waals surface area contributed by atoms with Gasteiger partial charge in [-0.3, -0.25) is 4.79 Å². The number of hydrogen-bond acceptors (Lipinski definition) is 7. The van der Waals surface area contributed by atoms with E-state index in [0.717, 1.165) is 5.56 Å². The average Bonchev–Trinajstić information content (AvgIpc) is 3.10. The summed E-state index contributed by atoms with van der Waals surface area (Å²) in [6.07, 6.45) is 0.651. The molecule has 2 rings (SSSR count). The summed E-state index contributed by atoms with van der Waals surface area (Å²) in [6.45, 7) is 3.42. The lowest BCUT2D eigenvalue weighted by Crippen LogP contribution is -2.27. The van der Waals surface area contributed by atoms with E-state index in [4.69, 9.17) is 18.7 Å². The number of nitrogens with zero attached hydrogens (tertiary/aromatic N) is 2. The Kier molecular flexibility index (Phi) is 7.21. The predicted molar refractivity (Wildman–Crippen MR) is 90.7 cm³/mol. The van der Waals surface area contributed by atoms with Gasteiger partial charge in [0.2, 0.25) is 17.6 Å². The van der Waals surface area contributed by atoms with Crippen molar-refractivity contribution < 1.29 is 23.5 Å². The van der Waals surface area contributed by atoms with Gasteiger partial charge in [-0.05, 0) is 25.1 Å². The number of aromatic nitrogens is 2. The van der Waals surface area contributed by atoms with Crippen LogP contribution in [0.4, 0.5) is 0 Å². The van der Waals surface area contributed by atoms with Gasteiger partial charge in [0, 0.05) is 32.1 Å². The van der Waals surface area contributed by atoms with Crippen LogP contribution in [0.1, 0.15) is 19.2 Å². The molecule has 1 N–H and O–H groups in total. The highest BCUT2D eigenvalue weighted by molar-refractivity contribution is 5.76. The Morgan fingerprint density at radius 3 is 2.84 bits per heavy atom. The first-order valence-electron chi connectivity index (χ1n) is 8.07. The molecule has 8 nitrogen and oxygen atoms in total. The smallest absolute Gasteiger partial charge is 0.227 e. The second-order valence-corrected chi connectivity index (χ2v) is 5.15. The van der Waals surface area contributed by atoms with Crippen LogP contribution in [0.3, 0.4) is 0 Å². The second kappa shape index (κ2) is 9.63. The summed E-state index contributed by atoms with van der Waals surface area (Å²) in [4.78, 5) is 16.0. The lowest BCUT2D eigenvalue weighted by Gasteiger charge is -2.09. The first kappa shape index (κ1) is 18.7. The number of hydrogen-bond donors (Lipinski definition) is 1. The molecule has 0 aliphatic carbocycles. The molecule has 0 fully saturated rings. The first-order chi connectivity index (χ1) is 12.2. The Hall–Kier alpha value is -2.61. The molecule has 0 atom stereocenters. The second-order valence-electron chi connectivity index (χ2n) is 5.15. The summed E-state index contributed by atoms with van der Waals surface area (Å²) < 4.78 is 20.9. The Morgan fingerprint density at radius 1 is 1.28 bits per heavy atom. The van der Waals surface area contributed by atoms with Crippen LogP contribution in [-0.4, -0.2) is 50.0 Å². The van der Waals surface area contributed by atoms with E-state index < -0.39 is 0 Å². The van der Waals surface area contributed by atoms with Crippen molar-refractivity contribution in [3.05, 3.63) is 24.1 Å². The Labute approximate surface area is 146 Å². The average molecular weight is 349 g/mol. The molecule has 136 valence electrons. The first-order valence-corrected chi connectivity index (χ1v) is 8.07. The Morgan fingerprint density at radius 2 is 2.12 bits per heavy atom. The van der Waals surface area contributed by atoms with Crippen LogP contribution in [0.2, 0.25) is 0 Å².